The molecule has 1 rings (SSSR count). The van der Waals surface area contributed by atoms with Crippen molar-refractivity contribution in [2.45, 2.75) is 46.3 Å². The third-order valence-electron chi connectivity index (χ3n) is 4.08. The van der Waals surface area contributed by atoms with Crippen LogP contribution in [-0.4, -0.2) is 43.2 Å². The van der Waals surface area contributed by atoms with Crippen LogP contribution in [-0.2, 0) is 9.53 Å². The van der Waals surface area contributed by atoms with Crippen LogP contribution in [0.5, 0.6) is 0 Å². The zero-order chi connectivity index (χ0) is 13.2. The highest BCUT2D eigenvalue weighted by atomic mass is 16.5. The highest BCUT2D eigenvalue weighted by Crippen LogP contribution is 2.45. The van der Waals surface area contributed by atoms with Gasteiger partial charge in [-0.3, -0.25) is 4.79 Å². The van der Waals surface area contributed by atoms with Gasteiger partial charge in [-0.1, -0.05) is 20.8 Å². The second-order valence-electron chi connectivity index (χ2n) is 5.60. The maximum absolute atomic E-state index is 12.1. The molecule has 1 fully saturated rings. The molecule has 0 radical (unpaired) electrons. The van der Waals surface area contributed by atoms with Crippen LogP contribution in [0, 0.1) is 11.3 Å². The Bertz CT molecular complexity index is 279. The Morgan fingerprint density at radius 1 is 1.59 bits per heavy atom. The van der Waals surface area contributed by atoms with Crippen molar-refractivity contribution in [1.29, 1.82) is 0 Å². The van der Waals surface area contributed by atoms with Crippen LogP contribution < -0.4 is 5.73 Å². The molecule has 1 aliphatic carbocycles. The number of hydrogen-bond donors (Lipinski definition) is 1. The standard InChI is InChI=1S/C13H26N2O2/c1-6-17-11-7-10(13(11,3)4)15(5)12(16)9(2)8-14/h9-11H,6-8,14H2,1-5H3. The van der Waals surface area contributed by atoms with Gasteiger partial charge < -0.3 is 15.4 Å². The minimum absolute atomic E-state index is 0.0364. The van der Waals surface area contributed by atoms with Gasteiger partial charge in [0.2, 0.25) is 5.91 Å². The maximum Gasteiger partial charge on any atom is 0.226 e. The Labute approximate surface area is 104 Å². The van der Waals surface area contributed by atoms with Crippen LogP contribution in [0.15, 0.2) is 0 Å². The quantitative estimate of drug-likeness (QED) is 0.789. The molecule has 17 heavy (non-hydrogen) atoms. The molecule has 0 aromatic rings. The highest BCUT2D eigenvalue weighted by molar-refractivity contribution is 5.79. The van der Waals surface area contributed by atoms with Crippen LogP contribution in [0.4, 0.5) is 0 Å². The molecule has 0 aliphatic heterocycles. The summed E-state index contributed by atoms with van der Waals surface area (Å²) >= 11 is 0. The van der Waals surface area contributed by atoms with Gasteiger partial charge in [-0.25, -0.2) is 0 Å². The van der Waals surface area contributed by atoms with Gasteiger partial charge in [0.15, 0.2) is 0 Å². The smallest absolute Gasteiger partial charge is 0.226 e. The Morgan fingerprint density at radius 2 is 2.18 bits per heavy atom. The zero-order valence-electron chi connectivity index (χ0n) is 11.7. The molecule has 2 N–H and O–H groups in total. The molecule has 1 saturated carbocycles. The van der Waals surface area contributed by atoms with Crippen LogP contribution in [0.25, 0.3) is 0 Å². The van der Waals surface area contributed by atoms with E-state index in [9.17, 15) is 4.79 Å². The van der Waals surface area contributed by atoms with Gasteiger partial charge in [0.05, 0.1) is 6.10 Å². The van der Waals surface area contributed by atoms with Gasteiger partial charge in [-0.15, -0.1) is 0 Å². The van der Waals surface area contributed by atoms with E-state index >= 15 is 0 Å². The number of rotatable bonds is 5. The number of carbonyl (C=O) groups is 1. The molecule has 0 aromatic heterocycles. The topological polar surface area (TPSA) is 55.6 Å². The first kappa shape index (κ1) is 14.5. The Kier molecular flexibility index (Phi) is 4.55. The number of carbonyl (C=O) groups excluding carboxylic acids is 1. The van der Waals surface area contributed by atoms with Gasteiger partial charge in [-0.2, -0.15) is 0 Å². The van der Waals surface area contributed by atoms with E-state index in [0.29, 0.717) is 6.54 Å². The first-order valence-electron chi connectivity index (χ1n) is 6.44. The molecule has 4 heteroatoms. The molecule has 3 atom stereocenters. The molecule has 100 valence electrons. The molecular formula is C13H26N2O2. The van der Waals surface area contributed by atoms with Crippen LogP contribution in [0.1, 0.15) is 34.1 Å². The zero-order valence-corrected chi connectivity index (χ0v) is 11.7. The lowest BCUT2D eigenvalue weighted by molar-refractivity contribution is -0.165. The minimum Gasteiger partial charge on any atom is -0.378 e. The fraction of sp³-hybridized carbons (Fsp3) is 0.923. The summed E-state index contributed by atoms with van der Waals surface area (Å²) in [7, 11) is 1.88. The van der Waals surface area contributed by atoms with E-state index in [2.05, 4.69) is 13.8 Å². The number of nitrogens with zero attached hydrogens (tertiary/aromatic N) is 1. The van der Waals surface area contributed by atoms with Crippen molar-refractivity contribution < 1.29 is 9.53 Å². The maximum atomic E-state index is 12.1. The molecule has 3 unspecified atom stereocenters. The van der Waals surface area contributed by atoms with Crippen molar-refractivity contribution in [1.82, 2.24) is 4.90 Å². The second-order valence-corrected chi connectivity index (χ2v) is 5.60. The summed E-state index contributed by atoms with van der Waals surface area (Å²) in [5.41, 5.74) is 5.58. The minimum atomic E-state index is -0.0954. The summed E-state index contributed by atoms with van der Waals surface area (Å²) in [5, 5.41) is 0. The van der Waals surface area contributed by atoms with E-state index in [1.54, 1.807) is 0 Å². The van der Waals surface area contributed by atoms with Gasteiger partial charge in [0, 0.05) is 37.6 Å². The number of hydrogen-bond acceptors (Lipinski definition) is 3. The SMILES string of the molecule is CCOC1CC(N(C)C(=O)C(C)CN)C1(C)C. The molecule has 0 saturated heterocycles. The summed E-state index contributed by atoms with van der Waals surface area (Å²) in [4.78, 5) is 13.9. The van der Waals surface area contributed by atoms with Gasteiger partial charge in [0.1, 0.15) is 0 Å². The lowest BCUT2D eigenvalue weighted by atomic mass is 9.63. The number of ether oxygens (including phenoxy) is 1. The average Bonchev–Trinajstić information content (AvgIpc) is 2.31. The van der Waals surface area contributed by atoms with Gasteiger partial charge in [0.25, 0.3) is 0 Å². The van der Waals surface area contributed by atoms with E-state index < -0.39 is 0 Å². The monoisotopic (exact) mass is 242 g/mol. The molecule has 4 nitrogen and oxygen atoms in total. The van der Waals surface area contributed by atoms with Crippen molar-refractivity contribution in [3.05, 3.63) is 0 Å². The average molecular weight is 242 g/mol. The summed E-state index contributed by atoms with van der Waals surface area (Å²) in [6.45, 7) is 9.36. The van der Waals surface area contributed by atoms with E-state index in [1.165, 1.54) is 0 Å². The molecule has 1 amide bonds. The lowest BCUT2D eigenvalue weighted by Gasteiger charge is -2.55. The van der Waals surface area contributed by atoms with Crippen molar-refractivity contribution in [2.24, 2.45) is 17.1 Å². The molecule has 0 heterocycles. The first-order chi connectivity index (χ1) is 7.86. The van der Waals surface area contributed by atoms with E-state index in [4.69, 9.17) is 10.5 Å². The van der Waals surface area contributed by atoms with E-state index in [1.807, 2.05) is 25.8 Å². The molecular weight excluding hydrogens is 216 g/mol. The van der Waals surface area contributed by atoms with Crippen LogP contribution in [0.3, 0.4) is 0 Å². The van der Waals surface area contributed by atoms with Crippen molar-refractivity contribution >= 4 is 5.91 Å². The molecule has 1 aliphatic rings. The second kappa shape index (κ2) is 5.36. The molecule has 0 aromatic carbocycles. The summed E-state index contributed by atoms with van der Waals surface area (Å²) in [6.07, 6.45) is 1.20. The lowest BCUT2D eigenvalue weighted by Crippen LogP contribution is -2.63. The van der Waals surface area contributed by atoms with E-state index in [0.717, 1.165) is 13.0 Å². The predicted octanol–water partition coefficient (Wildman–Crippen LogP) is 1.24. The Hall–Kier alpha value is -0.610. The van der Waals surface area contributed by atoms with Gasteiger partial charge in [-0.05, 0) is 13.3 Å². The molecule has 0 bridgehead atoms. The normalized spacial score (nSPS) is 28.4. The Morgan fingerprint density at radius 3 is 2.59 bits per heavy atom. The van der Waals surface area contributed by atoms with Crippen molar-refractivity contribution in [3.8, 4) is 0 Å². The fourth-order valence-corrected chi connectivity index (χ4v) is 2.61. The van der Waals surface area contributed by atoms with E-state index in [-0.39, 0.29) is 29.4 Å². The van der Waals surface area contributed by atoms with Crippen molar-refractivity contribution in [3.63, 3.8) is 0 Å². The van der Waals surface area contributed by atoms with Crippen LogP contribution in [0.2, 0.25) is 0 Å². The predicted molar refractivity (Wildman–Crippen MR) is 68.6 cm³/mol. The highest BCUT2D eigenvalue weighted by Gasteiger charge is 2.51. The summed E-state index contributed by atoms with van der Waals surface area (Å²) < 4.78 is 5.68. The fourth-order valence-electron chi connectivity index (χ4n) is 2.61. The number of amides is 1. The summed E-state index contributed by atoms with van der Waals surface area (Å²) in [5.74, 6) is 0.0440. The third kappa shape index (κ3) is 2.63. The molecule has 0 spiro atoms. The summed E-state index contributed by atoms with van der Waals surface area (Å²) in [6, 6.07) is 0.264. The number of nitrogens with two attached hydrogens (primary N) is 1. The first-order valence-corrected chi connectivity index (χ1v) is 6.44. The Balaban J connectivity index is 2.61. The largest absolute Gasteiger partial charge is 0.378 e. The third-order valence-corrected chi connectivity index (χ3v) is 4.08. The van der Waals surface area contributed by atoms with Gasteiger partial charge >= 0.3 is 0 Å². The van der Waals surface area contributed by atoms with Crippen LogP contribution >= 0.6 is 0 Å². The van der Waals surface area contributed by atoms with Crippen molar-refractivity contribution in [2.75, 3.05) is 20.2 Å².